The summed E-state index contributed by atoms with van der Waals surface area (Å²) in [6, 6.07) is 8.81. The van der Waals surface area contributed by atoms with E-state index in [0.29, 0.717) is 29.4 Å². The summed E-state index contributed by atoms with van der Waals surface area (Å²) in [5.74, 6) is -0.723. The number of nitrogens with one attached hydrogen (secondary N) is 2. The molecule has 0 saturated carbocycles. The number of rotatable bonds is 7. The Morgan fingerprint density at radius 2 is 1.55 bits per heavy atom. The highest BCUT2D eigenvalue weighted by Gasteiger charge is 2.19. The zero-order valence-electron chi connectivity index (χ0n) is 17.5. The molecule has 2 amide bonds. The lowest BCUT2D eigenvalue weighted by Gasteiger charge is -2.25. The van der Waals surface area contributed by atoms with Crippen molar-refractivity contribution in [3.05, 3.63) is 47.8 Å². The number of hydrogen-bond acceptors (Lipinski definition) is 5. The van der Waals surface area contributed by atoms with E-state index in [-0.39, 0.29) is 23.9 Å². The van der Waals surface area contributed by atoms with Crippen molar-refractivity contribution < 1.29 is 35.9 Å². The fourth-order valence-electron chi connectivity index (χ4n) is 3.44. The Morgan fingerprint density at radius 3 is 2.13 bits per heavy atom. The van der Waals surface area contributed by atoms with Crippen LogP contribution in [0.3, 0.4) is 0 Å². The number of halogens is 2. The molecule has 168 valence electrons. The van der Waals surface area contributed by atoms with Gasteiger partial charge in [-0.25, -0.2) is 4.39 Å². The second kappa shape index (κ2) is 11.5. The highest BCUT2D eigenvalue weighted by molar-refractivity contribution is 6.06. The van der Waals surface area contributed by atoms with Crippen molar-refractivity contribution in [3.8, 4) is 11.5 Å². The third kappa shape index (κ3) is 6.32. The zero-order valence-corrected chi connectivity index (χ0v) is 18.3. The fourth-order valence-corrected chi connectivity index (χ4v) is 3.44. The molecule has 2 aromatic rings. The molecule has 0 atom stereocenters. The van der Waals surface area contributed by atoms with Crippen LogP contribution in [0.15, 0.2) is 36.4 Å². The van der Waals surface area contributed by atoms with Gasteiger partial charge in [0.25, 0.3) is 5.91 Å². The van der Waals surface area contributed by atoms with Gasteiger partial charge in [-0.3, -0.25) is 14.5 Å². The minimum Gasteiger partial charge on any atom is -1.00 e. The number of methoxy groups -OCH3 is 2. The number of benzene rings is 2. The lowest BCUT2D eigenvalue weighted by molar-refractivity contribution is -0.117. The number of ether oxygens (including phenoxy) is 2. The van der Waals surface area contributed by atoms with E-state index in [9.17, 15) is 14.0 Å². The molecule has 0 unspecified atom stereocenters. The minimum atomic E-state index is -0.623. The summed E-state index contributed by atoms with van der Waals surface area (Å²) in [4.78, 5) is 27.1. The summed E-state index contributed by atoms with van der Waals surface area (Å²) in [7, 11) is 2.91. The fraction of sp³-hybridized carbons (Fsp3) is 0.364. The van der Waals surface area contributed by atoms with Crippen LogP contribution >= 0.6 is 0 Å². The van der Waals surface area contributed by atoms with Gasteiger partial charge in [0.05, 0.1) is 37.7 Å². The predicted molar refractivity (Wildman–Crippen MR) is 113 cm³/mol. The Balaban J connectivity index is 0.00000341. The largest absolute Gasteiger partial charge is 1.00 e. The smallest absolute Gasteiger partial charge is 0.258 e. The third-order valence-electron chi connectivity index (χ3n) is 4.98. The molecule has 1 saturated heterocycles. The number of amides is 2. The Labute approximate surface area is 187 Å². The van der Waals surface area contributed by atoms with Gasteiger partial charge in [-0.1, -0.05) is 18.6 Å². The molecule has 9 heteroatoms. The summed E-state index contributed by atoms with van der Waals surface area (Å²) in [6.07, 6.45) is 3.39. The van der Waals surface area contributed by atoms with Crippen molar-refractivity contribution in [2.24, 2.45) is 0 Å². The van der Waals surface area contributed by atoms with Crippen molar-refractivity contribution in [2.75, 3.05) is 44.5 Å². The molecular weight excluding hydrogens is 425 g/mol. The number of carbonyl (C=O) groups excluding carboxylic acids is 2. The van der Waals surface area contributed by atoms with E-state index in [2.05, 4.69) is 15.5 Å². The maximum atomic E-state index is 13.9. The quantitative estimate of drug-likeness (QED) is 0.643. The van der Waals surface area contributed by atoms with Crippen LogP contribution in [-0.2, 0) is 4.79 Å². The maximum absolute atomic E-state index is 13.9. The molecule has 0 bridgehead atoms. The predicted octanol–water partition coefficient (Wildman–Crippen LogP) is 0.524. The zero-order chi connectivity index (χ0) is 21.5. The summed E-state index contributed by atoms with van der Waals surface area (Å²) < 4.78 is 24.6. The molecule has 1 heterocycles. The van der Waals surface area contributed by atoms with Crippen LogP contribution in [0.5, 0.6) is 11.5 Å². The van der Waals surface area contributed by atoms with E-state index in [1.807, 2.05) is 0 Å². The highest BCUT2D eigenvalue weighted by Crippen LogP contribution is 2.36. The Morgan fingerprint density at radius 1 is 0.968 bits per heavy atom. The average molecular weight is 451 g/mol. The van der Waals surface area contributed by atoms with Gasteiger partial charge in [0, 0.05) is 12.1 Å². The first-order valence-electron chi connectivity index (χ1n) is 9.86. The molecule has 31 heavy (non-hydrogen) atoms. The van der Waals surface area contributed by atoms with E-state index in [4.69, 9.17) is 9.47 Å². The minimum absolute atomic E-state index is 0. The van der Waals surface area contributed by atoms with Gasteiger partial charge >= 0.3 is 0 Å². The maximum Gasteiger partial charge on any atom is 0.258 e. The van der Waals surface area contributed by atoms with Crippen LogP contribution in [0.4, 0.5) is 15.8 Å². The Hall–Kier alpha value is -2.84. The molecule has 0 radical (unpaired) electrons. The highest BCUT2D eigenvalue weighted by atomic mass is 35.5. The summed E-state index contributed by atoms with van der Waals surface area (Å²) in [5.41, 5.74) is 0.648. The van der Waals surface area contributed by atoms with E-state index in [1.165, 1.54) is 44.9 Å². The van der Waals surface area contributed by atoms with Gasteiger partial charge in [0.2, 0.25) is 5.91 Å². The van der Waals surface area contributed by atoms with Crippen molar-refractivity contribution in [2.45, 2.75) is 19.3 Å². The molecule has 2 N–H and O–H groups in total. The van der Waals surface area contributed by atoms with Crippen molar-refractivity contribution in [1.82, 2.24) is 4.90 Å². The van der Waals surface area contributed by atoms with Gasteiger partial charge in [0.15, 0.2) is 0 Å². The number of carbonyl (C=O) groups is 2. The molecule has 1 aliphatic rings. The molecule has 3 rings (SSSR count). The van der Waals surface area contributed by atoms with Gasteiger partial charge in [-0.2, -0.15) is 0 Å². The molecule has 0 spiro atoms. The molecule has 0 aromatic heterocycles. The molecule has 2 aromatic carbocycles. The summed E-state index contributed by atoms with van der Waals surface area (Å²) in [5, 5.41) is 5.48. The number of nitrogens with zero attached hydrogens (tertiary/aromatic N) is 1. The van der Waals surface area contributed by atoms with Crippen LogP contribution in [0, 0.1) is 5.82 Å². The van der Waals surface area contributed by atoms with Crippen LogP contribution in [0.1, 0.15) is 29.6 Å². The lowest BCUT2D eigenvalue weighted by Crippen LogP contribution is -3.00. The number of anilines is 2. The third-order valence-corrected chi connectivity index (χ3v) is 4.98. The van der Waals surface area contributed by atoms with Gasteiger partial charge < -0.3 is 32.5 Å². The first-order valence-corrected chi connectivity index (χ1v) is 9.86. The second-order valence-corrected chi connectivity index (χ2v) is 7.07. The summed E-state index contributed by atoms with van der Waals surface area (Å²) >= 11 is 0. The van der Waals surface area contributed by atoms with Crippen LogP contribution in [0.25, 0.3) is 0 Å². The van der Waals surface area contributed by atoms with E-state index >= 15 is 0 Å². The molecule has 7 nitrogen and oxygen atoms in total. The average Bonchev–Trinajstić information content (AvgIpc) is 2.75. The van der Waals surface area contributed by atoms with Gasteiger partial charge in [-0.15, -0.1) is 0 Å². The first-order chi connectivity index (χ1) is 14.5. The van der Waals surface area contributed by atoms with Crippen LogP contribution in [0.2, 0.25) is 0 Å². The molecular formula is C22H26ClFN3O4-. The topological polar surface area (TPSA) is 79.9 Å². The molecule has 1 aliphatic heterocycles. The second-order valence-electron chi connectivity index (χ2n) is 7.07. The standard InChI is InChI=1S/C22H26FN3O4.ClH/c1-29-19-13-18(25-22(28)15-8-4-5-9-16(15)23)20(30-2)12-17(19)24-21(27)14-26-10-6-3-7-11-26;/h4-5,8-9,12-13H,3,6-7,10-11,14H2,1-2H3,(H,24,27)(H,25,28);1H/p-1. The van der Waals surface area contributed by atoms with Gasteiger partial charge in [-0.05, 0) is 38.1 Å². The number of hydrogen-bond donors (Lipinski definition) is 2. The van der Waals surface area contributed by atoms with Crippen LogP contribution < -0.4 is 32.5 Å². The lowest BCUT2D eigenvalue weighted by atomic mass is 10.1. The molecule has 0 aliphatic carbocycles. The molecule has 1 fully saturated rings. The number of piperidine rings is 1. The SMILES string of the molecule is COc1cc(NC(=O)c2ccccc2F)c(OC)cc1NC(=O)CN1CCCCC1.[Cl-]. The monoisotopic (exact) mass is 450 g/mol. The van der Waals surface area contributed by atoms with Gasteiger partial charge in [0.1, 0.15) is 17.3 Å². The van der Waals surface area contributed by atoms with E-state index in [0.717, 1.165) is 25.9 Å². The first kappa shape index (κ1) is 24.4. The van der Waals surface area contributed by atoms with E-state index < -0.39 is 11.7 Å². The van der Waals surface area contributed by atoms with Crippen LogP contribution in [-0.4, -0.2) is 50.6 Å². The van der Waals surface area contributed by atoms with Crippen molar-refractivity contribution >= 4 is 23.2 Å². The number of likely N-dealkylation sites (tertiary alicyclic amines) is 1. The Kier molecular flexibility index (Phi) is 9.08. The normalized spacial score (nSPS) is 13.6. The van der Waals surface area contributed by atoms with Crippen molar-refractivity contribution in [1.29, 1.82) is 0 Å². The van der Waals surface area contributed by atoms with Crippen molar-refractivity contribution in [3.63, 3.8) is 0 Å². The Bertz CT molecular complexity index is 920. The summed E-state index contributed by atoms with van der Waals surface area (Å²) in [6.45, 7) is 2.13. The van der Waals surface area contributed by atoms with E-state index in [1.54, 1.807) is 12.1 Å².